The first-order valence-corrected chi connectivity index (χ1v) is 9.74. The Labute approximate surface area is 138 Å². The van der Waals surface area contributed by atoms with Gasteiger partial charge in [-0.05, 0) is 30.9 Å². The third kappa shape index (κ3) is 6.02. The molecule has 1 nitrogen and oxygen atoms in total. The Morgan fingerprint density at radius 3 is 2.18 bits per heavy atom. The summed E-state index contributed by atoms with van der Waals surface area (Å²) in [7, 11) is 0. The van der Waals surface area contributed by atoms with E-state index in [2.05, 4.69) is 36.1 Å². The van der Waals surface area contributed by atoms with Gasteiger partial charge in [-0.2, -0.15) is 0 Å². The molecule has 0 fully saturated rings. The maximum Gasteiger partial charge on any atom is 0.0398 e. The molecule has 1 aliphatic rings. The Hall–Kier alpha value is -0.980. The van der Waals surface area contributed by atoms with E-state index in [-0.39, 0.29) is 0 Å². The van der Waals surface area contributed by atoms with Crippen molar-refractivity contribution < 1.29 is 0 Å². The third-order valence-electron chi connectivity index (χ3n) is 4.99. The first-order chi connectivity index (χ1) is 10.9. The van der Waals surface area contributed by atoms with Crippen molar-refractivity contribution in [2.24, 2.45) is 0 Å². The number of nitrogens with zero attached hydrogens (tertiary/aromatic N) is 1. The van der Waals surface area contributed by atoms with Gasteiger partial charge in [-0.25, -0.2) is 0 Å². The minimum Gasteiger partial charge on any atom is -0.371 e. The van der Waals surface area contributed by atoms with Gasteiger partial charge in [0.05, 0.1) is 0 Å². The minimum atomic E-state index is 1.26. The highest BCUT2D eigenvalue weighted by Gasteiger charge is 2.15. The van der Waals surface area contributed by atoms with Crippen LogP contribution in [0.5, 0.6) is 0 Å². The molecule has 0 radical (unpaired) electrons. The van der Waals surface area contributed by atoms with E-state index in [9.17, 15) is 0 Å². The Kier molecular flexibility index (Phi) is 8.45. The molecule has 0 saturated carbocycles. The predicted octanol–water partition coefficient (Wildman–Crippen LogP) is 6.36. The van der Waals surface area contributed by atoms with E-state index in [0.29, 0.717) is 0 Å². The molecule has 22 heavy (non-hydrogen) atoms. The van der Waals surface area contributed by atoms with Gasteiger partial charge in [0.15, 0.2) is 0 Å². The lowest BCUT2D eigenvalue weighted by Crippen LogP contribution is -2.30. The van der Waals surface area contributed by atoms with Crippen LogP contribution in [0.1, 0.15) is 83.1 Å². The van der Waals surface area contributed by atoms with Gasteiger partial charge in [0.2, 0.25) is 0 Å². The number of aryl methyl sites for hydroxylation is 1. The van der Waals surface area contributed by atoms with Crippen molar-refractivity contribution in [1.82, 2.24) is 0 Å². The largest absolute Gasteiger partial charge is 0.371 e. The standard InChI is InChI=1S/C21H35N/c1-2-3-4-5-6-7-8-9-10-13-18-22-19-14-16-20-15-11-12-17-21(20)22/h11-12,15,17H,2-10,13-14,16,18-19H2,1H3. The SMILES string of the molecule is CCCCCCCCCCCCN1CCCc2ccccc21. The quantitative estimate of drug-likeness (QED) is 0.430. The summed E-state index contributed by atoms with van der Waals surface area (Å²) in [6.07, 6.45) is 16.9. The molecule has 1 aromatic rings. The lowest BCUT2D eigenvalue weighted by Gasteiger charge is -2.31. The second-order valence-corrected chi connectivity index (χ2v) is 6.90. The van der Waals surface area contributed by atoms with Crippen LogP contribution in [-0.2, 0) is 6.42 Å². The second kappa shape index (κ2) is 10.7. The molecule has 1 aliphatic heterocycles. The van der Waals surface area contributed by atoms with Gasteiger partial charge in [-0.15, -0.1) is 0 Å². The summed E-state index contributed by atoms with van der Waals surface area (Å²) in [5, 5.41) is 0. The summed E-state index contributed by atoms with van der Waals surface area (Å²) >= 11 is 0. The van der Waals surface area contributed by atoms with Gasteiger partial charge in [-0.3, -0.25) is 0 Å². The number of anilines is 1. The van der Waals surface area contributed by atoms with Gasteiger partial charge in [-0.1, -0.05) is 82.9 Å². The summed E-state index contributed by atoms with van der Waals surface area (Å²) in [5.41, 5.74) is 3.06. The Bertz CT molecular complexity index is 399. The van der Waals surface area contributed by atoms with Gasteiger partial charge in [0.25, 0.3) is 0 Å². The summed E-state index contributed by atoms with van der Waals surface area (Å²) in [4.78, 5) is 2.61. The van der Waals surface area contributed by atoms with Crippen LogP contribution in [0.15, 0.2) is 24.3 Å². The normalized spacial score (nSPS) is 14.1. The molecule has 0 aromatic heterocycles. The van der Waals surface area contributed by atoms with E-state index in [4.69, 9.17) is 0 Å². The number of hydrogen-bond acceptors (Lipinski definition) is 1. The van der Waals surface area contributed by atoms with Crippen LogP contribution in [0.25, 0.3) is 0 Å². The van der Waals surface area contributed by atoms with Gasteiger partial charge in [0, 0.05) is 18.8 Å². The number of rotatable bonds is 11. The van der Waals surface area contributed by atoms with E-state index in [0.717, 1.165) is 0 Å². The van der Waals surface area contributed by atoms with Crippen molar-refractivity contribution in [3.63, 3.8) is 0 Å². The zero-order valence-electron chi connectivity index (χ0n) is 14.7. The topological polar surface area (TPSA) is 3.24 Å². The van der Waals surface area contributed by atoms with Crippen LogP contribution in [0, 0.1) is 0 Å². The maximum atomic E-state index is 2.61. The molecule has 1 heteroatoms. The summed E-state index contributed by atoms with van der Waals surface area (Å²) in [5.74, 6) is 0. The monoisotopic (exact) mass is 301 g/mol. The van der Waals surface area contributed by atoms with Crippen molar-refractivity contribution >= 4 is 5.69 Å². The highest BCUT2D eigenvalue weighted by Crippen LogP contribution is 2.26. The average molecular weight is 302 g/mol. The molecule has 0 unspecified atom stereocenters. The van der Waals surface area contributed by atoms with Crippen molar-refractivity contribution in [3.8, 4) is 0 Å². The van der Waals surface area contributed by atoms with Crippen molar-refractivity contribution in [2.45, 2.75) is 84.0 Å². The molecule has 0 N–H and O–H groups in total. The third-order valence-corrected chi connectivity index (χ3v) is 4.99. The van der Waals surface area contributed by atoms with Crippen LogP contribution >= 0.6 is 0 Å². The molecule has 0 aliphatic carbocycles. The van der Waals surface area contributed by atoms with E-state index in [1.807, 2.05) is 0 Å². The maximum absolute atomic E-state index is 2.61. The molecule has 124 valence electrons. The summed E-state index contributed by atoms with van der Waals surface area (Å²) in [6.45, 7) is 4.81. The molecule has 0 spiro atoms. The van der Waals surface area contributed by atoms with Crippen molar-refractivity contribution in [1.29, 1.82) is 0 Å². The number of para-hydroxylation sites is 1. The predicted molar refractivity (Wildman–Crippen MR) is 98.8 cm³/mol. The smallest absolute Gasteiger partial charge is 0.0398 e. The van der Waals surface area contributed by atoms with Gasteiger partial charge >= 0.3 is 0 Å². The molecule has 0 amide bonds. The molecule has 2 rings (SSSR count). The van der Waals surface area contributed by atoms with E-state index in [1.54, 1.807) is 5.56 Å². The molecule has 1 aromatic carbocycles. The molecule has 1 heterocycles. The van der Waals surface area contributed by atoms with Crippen LogP contribution in [-0.4, -0.2) is 13.1 Å². The molecule has 0 atom stereocenters. The highest BCUT2D eigenvalue weighted by atomic mass is 15.1. The lowest BCUT2D eigenvalue weighted by molar-refractivity contribution is 0.551. The average Bonchev–Trinajstić information content (AvgIpc) is 2.56. The van der Waals surface area contributed by atoms with E-state index < -0.39 is 0 Å². The number of unbranched alkanes of at least 4 members (excludes halogenated alkanes) is 9. The highest BCUT2D eigenvalue weighted by molar-refractivity contribution is 5.55. The van der Waals surface area contributed by atoms with Crippen molar-refractivity contribution in [3.05, 3.63) is 29.8 Å². The summed E-state index contributed by atoms with van der Waals surface area (Å²) < 4.78 is 0. The first kappa shape index (κ1) is 17.4. The van der Waals surface area contributed by atoms with Gasteiger partial charge in [0.1, 0.15) is 0 Å². The fourth-order valence-electron chi connectivity index (χ4n) is 3.63. The lowest BCUT2D eigenvalue weighted by atomic mass is 10.0. The fourth-order valence-corrected chi connectivity index (χ4v) is 3.63. The minimum absolute atomic E-state index is 1.26. The summed E-state index contributed by atoms with van der Waals surface area (Å²) in [6, 6.07) is 8.99. The van der Waals surface area contributed by atoms with E-state index >= 15 is 0 Å². The van der Waals surface area contributed by atoms with Crippen LogP contribution in [0.2, 0.25) is 0 Å². The van der Waals surface area contributed by atoms with Crippen LogP contribution < -0.4 is 4.90 Å². The second-order valence-electron chi connectivity index (χ2n) is 6.90. The number of benzene rings is 1. The molecule has 0 bridgehead atoms. The first-order valence-electron chi connectivity index (χ1n) is 9.74. The van der Waals surface area contributed by atoms with Gasteiger partial charge < -0.3 is 4.90 Å². The zero-order valence-corrected chi connectivity index (χ0v) is 14.7. The molecular formula is C21H35N. The van der Waals surface area contributed by atoms with Crippen LogP contribution in [0.4, 0.5) is 5.69 Å². The Morgan fingerprint density at radius 1 is 0.818 bits per heavy atom. The number of hydrogen-bond donors (Lipinski definition) is 0. The molecule has 0 saturated heterocycles. The molecular weight excluding hydrogens is 266 g/mol. The fraction of sp³-hybridized carbons (Fsp3) is 0.714. The Morgan fingerprint density at radius 2 is 1.45 bits per heavy atom. The van der Waals surface area contributed by atoms with Crippen LogP contribution in [0.3, 0.4) is 0 Å². The van der Waals surface area contributed by atoms with E-state index in [1.165, 1.54) is 95.8 Å². The Balaban J connectivity index is 1.51. The number of fused-ring (bicyclic) bond motifs is 1. The van der Waals surface area contributed by atoms with Crippen molar-refractivity contribution in [2.75, 3.05) is 18.0 Å². The zero-order chi connectivity index (χ0) is 15.5.